The number of nitrogens with one attached hydrogen (secondary N) is 2. The number of imidazole rings is 1. The molecule has 0 saturated carbocycles. The summed E-state index contributed by atoms with van der Waals surface area (Å²) >= 11 is 0. The topological polar surface area (TPSA) is 98.2 Å². The summed E-state index contributed by atoms with van der Waals surface area (Å²) in [7, 11) is 0. The second-order valence-electron chi connectivity index (χ2n) is 7.29. The number of aryl methyl sites for hydroxylation is 1. The Labute approximate surface area is 194 Å². The molecule has 31 heavy (non-hydrogen) atoms. The van der Waals surface area contributed by atoms with Gasteiger partial charge >= 0.3 is 0 Å². The smallest absolute Gasteiger partial charge is 0.147 e. The Morgan fingerprint density at radius 3 is 2.58 bits per heavy atom. The number of hydrogen-bond donors (Lipinski definition) is 3. The highest BCUT2D eigenvalue weighted by Crippen LogP contribution is 2.23. The first-order valence-corrected chi connectivity index (χ1v) is 10.1. The zero-order valence-corrected chi connectivity index (χ0v) is 19.1. The minimum Gasteiger partial charge on any atom is -0.489 e. The van der Waals surface area contributed by atoms with Crippen molar-refractivity contribution >= 4 is 41.7 Å². The van der Waals surface area contributed by atoms with Gasteiger partial charge in [0.1, 0.15) is 35.9 Å². The van der Waals surface area contributed by atoms with Crippen LogP contribution in [0.5, 0.6) is 11.5 Å². The second-order valence-corrected chi connectivity index (χ2v) is 7.29. The maximum atomic E-state index is 7.64. The second kappa shape index (κ2) is 11.2. The molecule has 0 spiro atoms. The standard InChI is InChI=1S/C22H27N5O2.2ClH/c1-2-11-27-20-8-3-15(22(23)24)12-19(20)26-21(27)14-28-16-4-6-17(7-5-16)29-18-9-10-25-13-18;;/h3-8,12,18,25H,2,9-11,13-14H2,1H3,(H3,23,24);2*1H. The van der Waals surface area contributed by atoms with Gasteiger partial charge in [-0.05, 0) is 61.9 Å². The van der Waals surface area contributed by atoms with Crippen molar-refractivity contribution in [2.24, 2.45) is 5.73 Å². The van der Waals surface area contributed by atoms with Gasteiger partial charge in [0, 0.05) is 18.7 Å². The molecule has 1 saturated heterocycles. The number of nitrogen functional groups attached to an aromatic ring is 1. The number of halogens is 2. The van der Waals surface area contributed by atoms with E-state index in [0.717, 1.165) is 60.8 Å². The highest BCUT2D eigenvalue weighted by Gasteiger charge is 2.16. The summed E-state index contributed by atoms with van der Waals surface area (Å²) in [6.07, 6.45) is 2.28. The lowest BCUT2D eigenvalue weighted by Gasteiger charge is -2.13. The largest absolute Gasteiger partial charge is 0.489 e. The van der Waals surface area contributed by atoms with Crippen LogP contribution in [0.4, 0.5) is 0 Å². The number of nitrogens with two attached hydrogens (primary N) is 1. The molecule has 2 heterocycles. The van der Waals surface area contributed by atoms with E-state index in [1.165, 1.54) is 0 Å². The molecule has 0 bridgehead atoms. The van der Waals surface area contributed by atoms with E-state index in [-0.39, 0.29) is 36.8 Å². The molecule has 168 valence electrons. The Bertz CT molecular complexity index is 1000. The lowest BCUT2D eigenvalue weighted by atomic mass is 10.2. The fourth-order valence-corrected chi connectivity index (χ4v) is 3.61. The Morgan fingerprint density at radius 2 is 1.94 bits per heavy atom. The van der Waals surface area contributed by atoms with Crippen LogP contribution in [0.25, 0.3) is 11.0 Å². The summed E-state index contributed by atoms with van der Waals surface area (Å²) in [5, 5.41) is 10.9. The molecule has 0 amide bonds. The Kier molecular flexibility index (Phi) is 8.98. The van der Waals surface area contributed by atoms with E-state index in [4.69, 9.17) is 25.6 Å². The van der Waals surface area contributed by atoms with Crippen LogP contribution in [0.3, 0.4) is 0 Å². The van der Waals surface area contributed by atoms with Crippen LogP contribution in [-0.2, 0) is 13.2 Å². The van der Waals surface area contributed by atoms with Crippen molar-refractivity contribution in [1.82, 2.24) is 14.9 Å². The van der Waals surface area contributed by atoms with E-state index < -0.39 is 0 Å². The van der Waals surface area contributed by atoms with Crippen molar-refractivity contribution in [3.8, 4) is 11.5 Å². The first-order chi connectivity index (χ1) is 14.1. The highest BCUT2D eigenvalue weighted by molar-refractivity contribution is 5.98. The van der Waals surface area contributed by atoms with E-state index in [1.807, 2.05) is 42.5 Å². The van der Waals surface area contributed by atoms with Crippen LogP contribution in [-0.4, -0.2) is 34.6 Å². The molecule has 0 radical (unpaired) electrons. The van der Waals surface area contributed by atoms with Gasteiger partial charge in [0.25, 0.3) is 0 Å². The number of nitrogens with zero attached hydrogens (tertiary/aromatic N) is 2. The number of fused-ring (bicyclic) bond motifs is 1. The summed E-state index contributed by atoms with van der Waals surface area (Å²) in [6, 6.07) is 13.4. The van der Waals surface area contributed by atoms with Crippen LogP contribution in [0.1, 0.15) is 31.2 Å². The summed E-state index contributed by atoms with van der Waals surface area (Å²) in [6.45, 7) is 5.28. The number of benzene rings is 2. The van der Waals surface area contributed by atoms with E-state index in [1.54, 1.807) is 0 Å². The minimum atomic E-state index is 0. The Morgan fingerprint density at radius 1 is 1.19 bits per heavy atom. The Balaban J connectivity index is 0.00000171. The number of hydrogen-bond acceptors (Lipinski definition) is 5. The monoisotopic (exact) mass is 465 g/mol. The summed E-state index contributed by atoms with van der Waals surface area (Å²) in [5.74, 6) is 2.55. The van der Waals surface area contributed by atoms with Gasteiger partial charge in [-0.2, -0.15) is 0 Å². The van der Waals surface area contributed by atoms with E-state index in [9.17, 15) is 0 Å². The van der Waals surface area contributed by atoms with Crippen LogP contribution in [0, 0.1) is 5.41 Å². The zero-order chi connectivity index (χ0) is 20.2. The van der Waals surface area contributed by atoms with Crippen molar-refractivity contribution in [2.45, 2.75) is 39.0 Å². The third kappa shape index (κ3) is 5.81. The van der Waals surface area contributed by atoms with Crippen molar-refractivity contribution in [2.75, 3.05) is 13.1 Å². The Hall–Kier alpha value is -2.48. The van der Waals surface area contributed by atoms with Crippen molar-refractivity contribution < 1.29 is 9.47 Å². The summed E-state index contributed by atoms with van der Waals surface area (Å²) in [5.41, 5.74) is 8.16. The normalized spacial score (nSPS) is 15.2. The molecule has 1 fully saturated rings. The molecular weight excluding hydrogens is 437 g/mol. The molecule has 1 aliphatic rings. The van der Waals surface area contributed by atoms with Gasteiger partial charge in [-0.3, -0.25) is 5.41 Å². The predicted octanol–water partition coefficient (Wildman–Crippen LogP) is 3.89. The molecule has 3 aromatic rings. The van der Waals surface area contributed by atoms with Gasteiger partial charge in [-0.1, -0.05) is 6.92 Å². The quantitative estimate of drug-likeness (QED) is 0.346. The van der Waals surface area contributed by atoms with Crippen LogP contribution < -0.4 is 20.5 Å². The lowest BCUT2D eigenvalue weighted by Crippen LogP contribution is -2.19. The molecule has 1 unspecified atom stereocenters. The molecule has 4 rings (SSSR count). The van der Waals surface area contributed by atoms with E-state index in [0.29, 0.717) is 12.2 Å². The van der Waals surface area contributed by atoms with E-state index >= 15 is 0 Å². The third-order valence-electron chi connectivity index (χ3n) is 5.10. The van der Waals surface area contributed by atoms with E-state index in [2.05, 4.69) is 16.8 Å². The number of rotatable bonds is 8. The maximum absolute atomic E-state index is 7.64. The molecule has 4 N–H and O–H groups in total. The fourth-order valence-electron chi connectivity index (χ4n) is 3.61. The molecule has 1 aliphatic heterocycles. The average molecular weight is 466 g/mol. The summed E-state index contributed by atoms with van der Waals surface area (Å²) in [4.78, 5) is 4.73. The van der Waals surface area contributed by atoms with Gasteiger partial charge in [-0.25, -0.2) is 4.98 Å². The first-order valence-electron chi connectivity index (χ1n) is 10.1. The van der Waals surface area contributed by atoms with Crippen LogP contribution in [0.2, 0.25) is 0 Å². The SMILES string of the molecule is CCCn1c(COc2ccc(OC3CCNC3)cc2)nc2cc(C(=N)N)ccc21.Cl.Cl. The molecule has 1 atom stereocenters. The molecule has 1 aromatic heterocycles. The van der Waals surface area contributed by atoms with Gasteiger partial charge in [0.05, 0.1) is 11.0 Å². The first kappa shape index (κ1) is 24.8. The van der Waals surface area contributed by atoms with Crippen molar-refractivity contribution in [1.29, 1.82) is 5.41 Å². The lowest BCUT2D eigenvalue weighted by molar-refractivity contribution is 0.222. The molecule has 2 aromatic carbocycles. The molecule has 0 aliphatic carbocycles. The zero-order valence-electron chi connectivity index (χ0n) is 17.5. The minimum absolute atomic E-state index is 0. The number of aromatic nitrogens is 2. The number of amidine groups is 1. The molecular formula is C22H29Cl2N5O2. The third-order valence-corrected chi connectivity index (χ3v) is 5.10. The molecule has 7 nitrogen and oxygen atoms in total. The van der Waals surface area contributed by atoms with Crippen LogP contribution >= 0.6 is 24.8 Å². The highest BCUT2D eigenvalue weighted by atomic mass is 35.5. The fraction of sp³-hybridized carbons (Fsp3) is 0.364. The van der Waals surface area contributed by atoms with Gasteiger partial charge in [0.15, 0.2) is 0 Å². The maximum Gasteiger partial charge on any atom is 0.147 e. The van der Waals surface area contributed by atoms with Gasteiger partial charge in [0.2, 0.25) is 0 Å². The number of ether oxygens (including phenoxy) is 2. The van der Waals surface area contributed by atoms with Gasteiger partial charge < -0.3 is 25.1 Å². The van der Waals surface area contributed by atoms with Gasteiger partial charge in [-0.15, -0.1) is 24.8 Å². The summed E-state index contributed by atoms with van der Waals surface area (Å²) < 4.78 is 14.1. The molecule has 9 heteroatoms. The van der Waals surface area contributed by atoms with Crippen LogP contribution in [0.15, 0.2) is 42.5 Å². The predicted molar refractivity (Wildman–Crippen MR) is 128 cm³/mol. The van der Waals surface area contributed by atoms with Crippen molar-refractivity contribution in [3.63, 3.8) is 0 Å². The van der Waals surface area contributed by atoms with Crippen molar-refractivity contribution in [3.05, 3.63) is 53.9 Å². The average Bonchev–Trinajstić information content (AvgIpc) is 3.35.